The standard InChI is InChI=1S/C21H28FN5O2/c22-18-7-5-17(6-8-18)16-20(28)25-10-3-9-24(12-14-25)13-15-27-21(29)26-11-2-1-4-19(26)23-27/h5-8H,1-4,9-16H2. The van der Waals surface area contributed by atoms with Crippen molar-refractivity contribution in [3.8, 4) is 0 Å². The van der Waals surface area contributed by atoms with Gasteiger partial charge in [-0.1, -0.05) is 12.1 Å². The Morgan fingerprint density at radius 1 is 0.966 bits per heavy atom. The molecule has 4 rings (SSSR count). The van der Waals surface area contributed by atoms with Crippen molar-refractivity contribution >= 4 is 5.91 Å². The fourth-order valence-electron chi connectivity index (χ4n) is 4.16. The smallest absolute Gasteiger partial charge is 0.341 e. The Hall–Kier alpha value is -2.48. The van der Waals surface area contributed by atoms with Crippen molar-refractivity contribution in [3.63, 3.8) is 0 Å². The number of amides is 1. The summed E-state index contributed by atoms with van der Waals surface area (Å²) in [5.74, 6) is 0.704. The number of benzene rings is 1. The van der Waals surface area contributed by atoms with Gasteiger partial charge in [0.25, 0.3) is 0 Å². The van der Waals surface area contributed by atoms with Gasteiger partial charge in [0, 0.05) is 39.1 Å². The summed E-state index contributed by atoms with van der Waals surface area (Å²) in [7, 11) is 0. The summed E-state index contributed by atoms with van der Waals surface area (Å²) in [6.45, 7) is 5.23. The van der Waals surface area contributed by atoms with Gasteiger partial charge in [-0.05, 0) is 43.5 Å². The molecule has 1 aromatic carbocycles. The number of aryl methyl sites for hydroxylation is 1. The minimum absolute atomic E-state index is 0.00521. The first kappa shape index (κ1) is 19.8. The molecule has 2 aliphatic rings. The van der Waals surface area contributed by atoms with Crippen LogP contribution in [0, 0.1) is 5.82 Å². The van der Waals surface area contributed by atoms with E-state index in [2.05, 4.69) is 10.00 Å². The van der Waals surface area contributed by atoms with Gasteiger partial charge in [0.2, 0.25) is 5.91 Å². The molecule has 1 aromatic heterocycles. The zero-order valence-corrected chi connectivity index (χ0v) is 16.7. The molecule has 1 fully saturated rings. The van der Waals surface area contributed by atoms with E-state index in [1.54, 1.807) is 16.8 Å². The quantitative estimate of drug-likeness (QED) is 0.758. The molecule has 0 unspecified atom stereocenters. The van der Waals surface area contributed by atoms with E-state index in [1.807, 2.05) is 9.47 Å². The molecule has 0 radical (unpaired) electrons. The van der Waals surface area contributed by atoms with Crippen molar-refractivity contribution in [2.24, 2.45) is 0 Å². The topological polar surface area (TPSA) is 63.4 Å². The highest BCUT2D eigenvalue weighted by Gasteiger charge is 2.21. The molecular weight excluding hydrogens is 373 g/mol. The van der Waals surface area contributed by atoms with E-state index < -0.39 is 0 Å². The molecule has 1 amide bonds. The van der Waals surface area contributed by atoms with Crippen LogP contribution >= 0.6 is 0 Å². The summed E-state index contributed by atoms with van der Waals surface area (Å²) in [5.41, 5.74) is 0.839. The van der Waals surface area contributed by atoms with Gasteiger partial charge in [0.1, 0.15) is 11.6 Å². The number of nitrogens with zero attached hydrogens (tertiary/aromatic N) is 5. The van der Waals surface area contributed by atoms with Crippen molar-refractivity contribution < 1.29 is 9.18 Å². The number of fused-ring (bicyclic) bond motifs is 1. The molecule has 0 bridgehead atoms. The Labute approximate surface area is 169 Å². The second-order valence-electron chi connectivity index (χ2n) is 7.91. The number of carbonyl (C=O) groups is 1. The molecular formula is C21H28FN5O2. The maximum Gasteiger partial charge on any atom is 0.345 e. The van der Waals surface area contributed by atoms with E-state index in [4.69, 9.17) is 0 Å². The van der Waals surface area contributed by atoms with Crippen molar-refractivity contribution in [1.82, 2.24) is 24.1 Å². The minimum Gasteiger partial charge on any atom is -0.341 e. The SMILES string of the molecule is O=C(Cc1ccc(F)cc1)N1CCCN(CCn2nc3n(c2=O)CCCC3)CC1. The van der Waals surface area contributed by atoms with Gasteiger partial charge in [-0.15, -0.1) is 0 Å². The summed E-state index contributed by atoms with van der Waals surface area (Å²) in [6, 6.07) is 6.12. The van der Waals surface area contributed by atoms with Crippen molar-refractivity contribution in [2.75, 3.05) is 32.7 Å². The highest BCUT2D eigenvalue weighted by molar-refractivity contribution is 5.78. The van der Waals surface area contributed by atoms with Crippen molar-refractivity contribution in [2.45, 2.75) is 45.2 Å². The number of hydrogen-bond donors (Lipinski definition) is 0. The van der Waals surface area contributed by atoms with Crippen LogP contribution in [0.1, 0.15) is 30.7 Å². The third-order valence-electron chi connectivity index (χ3n) is 5.87. The van der Waals surface area contributed by atoms with Crippen molar-refractivity contribution in [3.05, 3.63) is 52.0 Å². The number of rotatable bonds is 5. The Morgan fingerprint density at radius 2 is 1.79 bits per heavy atom. The fourth-order valence-corrected chi connectivity index (χ4v) is 4.16. The first-order chi connectivity index (χ1) is 14.1. The number of hydrogen-bond acceptors (Lipinski definition) is 4. The van der Waals surface area contributed by atoms with Gasteiger partial charge in [-0.3, -0.25) is 14.3 Å². The molecule has 8 heteroatoms. The molecule has 29 heavy (non-hydrogen) atoms. The van der Waals surface area contributed by atoms with Crippen LogP contribution in [0.25, 0.3) is 0 Å². The molecule has 0 atom stereocenters. The number of carbonyl (C=O) groups excluding carboxylic acids is 1. The van der Waals surface area contributed by atoms with Crippen LogP contribution < -0.4 is 5.69 Å². The van der Waals surface area contributed by atoms with Crippen molar-refractivity contribution in [1.29, 1.82) is 0 Å². The van der Waals surface area contributed by atoms with Gasteiger partial charge < -0.3 is 4.90 Å². The maximum absolute atomic E-state index is 13.0. The Bertz CT molecular complexity index is 905. The van der Waals surface area contributed by atoms with Crippen LogP contribution in [0.4, 0.5) is 4.39 Å². The second kappa shape index (κ2) is 8.90. The monoisotopic (exact) mass is 401 g/mol. The molecule has 3 heterocycles. The summed E-state index contributed by atoms with van der Waals surface area (Å²) < 4.78 is 16.4. The summed E-state index contributed by atoms with van der Waals surface area (Å²) in [6.07, 6.45) is 4.24. The molecule has 0 saturated carbocycles. The molecule has 1 saturated heterocycles. The van der Waals surface area contributed by atoms with Crippen LogP contribution in [0.2, 0.25) is 0 Å². The highest BCUT2D eigenvalue weighted by atomic mass is 19.1. The first-order valence-corrected chi connectivity index (χ1v) is 10.5. The Morgan fingerprint density at radius 3 is 2.59 bits per heavy atom. The third-order valence-corrected chi connectivity index (χ3v) is 5.87. The number of halogens is 1. The van der Waals surface area contributed by atoms with Crippen LogP contribution in [0.5, 0.6) is 0 Å². The molecule has 2 aliphatic heterocycles. The third kappa shape index (κ3) is 4.75. The van der Waals surface area contributed by atoms with E-state index in [1.165, 1.54) is 12.1 Å². The van der Waals surface area contributed by atoms with E-state index in [-0.39, 0.29) is 17.4 Å². The average Bonchev–Trinajstić information content (AvgIpc) is 2.90. The average molecular weight is 401 g/mol. The van der Waals surface area contributed by atoms with Crippen LogP contribution in [0.3, 0.4) is 0 Å². The molecule has 156 valence electrons. The lowest BCUT2D eigenvalue weighted by molar-refractivity contribution is -0.130. The van der Waals surface area contributed by atoms with E-state index in [9.17, 15) is 14.0 Å². The lowest BCUT2D eigenvalue weighted by Crippen LogP contribution is -2.37. The summed E-state index contributed by atoms with van der Waals surface area (Å²) >= 11 is 0. The lowest BCUT2D eigenvalue weighted by Gasteiger charge is -2.22. The largest absolute Gasteiger partial charge is 0.345 e. The summed E-state index contributed by atoms with van der Waals surface area (Å²) in [5, 5.41) is 4.50. The zero-order valence-electron chi connectivity index (χ0n) is 16.7. The number of aromatic nitrogens is 3. The van der Waals surface area contributed by atoms with Gasteiger partial charge in [-0.25, -0.2) is 13.9 Å². The van der Waals surface area contributed by atoms with Gasteiger partial charge in [0.05, 0.1) is 13.0 Å². The molecule has 2 aromatic rings. The molecule has 7 nitrogen and oxygen atoms in total. The maximum atomic E-state index is 13.0. The molecule has 0 N–H and O–H groups in total. The van der Waals surface area contributed by atoms with Gasteiger partial charge in [-0.2, -0.15) is 5.10 Å². The normalized spacial score (nSPS) is 17.8. The zero-order chi connectivity index (χ0) is 20.2. The first-order valence-electron chi connectivity index (χ1n) is 10.5. The van der Waals surface area contributed by atoms with Crippen LogP contribution in [0.15, 0.2) is 29.1 Å². The lowest BCUT2D eigenvalue weighted by atomic mass is 10.1. The second-order valence-corrected chi connectivity index (χ2v) is 7.91. The van der Waals surface area contributed by atoms with Gasteiger partial charge in [0.15, 0.2) is 0 Å². The minimum atomic E-state index is -0.288. The van der Waals surface area contributed by atoms with Gasteiger partial charge >= 0.3 is 5.69 Å². The predicted molar refractivity (Wildman–Crippen MR) is 107 cm³/mol. The predicted octanol–water partition coefficient (Wildman–Crippen LogP) is 1.30. The van der Waals surface area contributed by atoms with E-state index in [0.29, 0.717) is 19.5 Å². The van der Waals surface area contributed by atoms with Crippen LogP contribution in [-0.2, 0) is 30.7 Å². The van der Waals surface area contributed by atoms with E-state index >= 15 is 0 Å². The Kier molecular flexibility index (Phi) is 6.08. The molecule has 0 spiro atoms. The highest BCUT2D eigenvalue weighted by Crippen LogP contribution is 2.11. The van der Waals surface area contributed by atoms with Crippen LogP contribution in [-0.4, -0.2) is 62.8 Å². The Balaban J connectivity index is 1.29. The fraction of sp³-hybridized carbons (Fsp3) is 0.571. The van der Waals surface area contributed by atoms with E-state index in [0.717, 1.165) is 69.8 Å². The molecule has 0 aliphatic carbocycles. The summed E-state index contributed by atoms with van der Waals surface area (Å²) in [4.78, 5) is 29.3.